The van der Waals surface area contributed by atoms with Crippen molar-refractivity contribution in [2.75, 3.05) is 0 Å². The second-order valence-electron chi connectivity index (χ2n) is 6.27. The zero-order valence-corrected chi connectivity index (χ0v) is 14.0. The first-order valence-corrected chi connectivity index (χ1v) is 8.24. The van der Waals surface area contributed by atoms with E-state index in [2.05, 4.69) is 29.2 Å². The number of benzene rings is 2. The average Bonchev–Trinajstić information content (AvgIpc) is 2.55. The van der Waals surface area contributed by atoms with E-state index in [1.807, 2.05) is 43.3 Å². The molecule has 0 bridgehead atoms. The highest BCUT2D eigenvalue weighted by Gasteiger charge is 2.23. The molecule has 0 saturated heterocycles. The van der Waals surface area contributed by atoms with Gasteiger partial charge < -0.3 is 10.2 Å². The molecule has 0 saturated carbocycles. The van der Waals surface area contributed by atoms with Gasteiger partial charge in [0, 0.05) is 25.6 Å². The lowest BCUT2D eigenvalue weighted by Gasteiger charge is -2.33. The summed E-state index contributed by atoms with van der Waals surface area (Å²) in [5, 5.41) is 20.0. The van der Waals surface area contributed by atoms with E-state index in [1.165, 1.54) is 11.1 Å². The molecule has 0 aliphatic heterocycles. The van der Waals surface area contributed by atoms with E-state index in [4.69, 9.17) is 0 Å². The van der Waals surface area contributed by atoms with Gasteiger partial charge in [0.05, 0.1) is 12.2 Å². The van der Waals surface area contributed by atoms with Crippen molar-refractivity contribution in [1.82, 2.24) is 4.90 Å². The number of aliphatic hydroxyl groups is 2. The van der Waals surface area contributed by atoms with E-state index in [-0.39, 0.29) is 6.04 Å². The summed E-state index contributed by atoms with van der Waals surface area (Å²) in [5.74, 6) is 0. The van der Waals surface area contributed by atoms with Gasteiger partial charge in [0.1, 0.15) is 0 Å². The highest BCUT2D eigenvalue weighted by atomic mass is 16.3. The van der Waals surface area contributed by atoms with Crippen LogP contribution in [-0.2, 0) is 13.1 Å². The van der Waals surface area contributed by atoms with Gasteiger partial charge in [0.15, 0.2) is 0 Å². The van der Waals surface area contributed by atoms with Gasteiger partial charge in [-0.1, -0.05) is 60.7 Å². The number of hydrogen-bond acceptors (Lipinski definition) is 3. The van der Waals surface area contributed by atoms with Crippen molar-refractivity contribution >= 4 is 0 Å². The van der Waals surface area contributed by atoms with Crippen molar-refractivity contribution in [1.29, 1.82) is 0 Å². The Hall–Kier alpha value is -1.68. The average molecular weight is 313 g/mol. The van der Waals surface area contributed by atoms with Gasteiger partial charge in [-0.05, 0) is 25.0 Å². The predicted octanol–water partition coefficient (Wildman–Crippen LogP) is 3.21. The topological polar surface area (TPSA) is 43.7 Å². The van der Waals surface area contributed by atoms with Crippen LogP contribution in [0.25, 0.3) is 0 Å². The highest BCUT2D eigenvalue weighted by molar-refractivity contribution is 5.17. The standard InChI is InChI=1S/C20H27NO2/c1-16(22)13-20(23)17(2)21(14-18-9-5-3-6-10-18)15-19-11-7-4-8-12-19/h3-12,16-17,20,22-23H,13-15H2,1-2H3/t16-,17+,20-/m1/s1. The van der Waals surface area contributed by atoms with Crippen LogP contribution in [0.1, 0.15) is 31.4 Å². The first kappa shape index (κ1) is 17.7. The lowest BCUT2D eigenvalue weighted by Crippen LogP contribution is -2.41. The normalized spacial score (nSPS) is 15.3. The summed E-state index contributed by atoms with van der Waals surface area (Å²) >= 11 is 0. The van der Waals surface area contributed by atoms with Crippen LogP contribution < -0.4 is 0 Å². The number of rotatable bonds is 8. The van der Waals surface area contributed by atoms with E-state index in [9.17, 15) is 10.2 Å². The summed E-state index contributed by atoms with van der Waals surface area (Å²) in [6.07, 6.45) is -0.661. The molecule has 124 valence electrons. The van der Waals surface area contributed by atoms with Gasteiger partial charge >= 0.3 is 0 Å². The van der Waals surface area contributed by atoms with Gasteiger partial charge in [-0.3, -0.25) is 4.90 Å². The molecule has 3 nitrogen and oxygen atoms in total. The monoisotopic (exact) mass is 313 g/mol. The molecule has 0 unspecified atom stereocenters. The van der Waals surface area contributed by atoms with E-state index in [0.29, 0.717) is 6.42 Å². The quantitative estimate of drug-likeness (QED) is 0.786. The Morgan fingerprint density at radius 1 is 0.783 bits per heavy atom. The first-order chi connectivity index (χ1) is 11.1. The predicted molar refractivity (Wildman–Crippen MR) is 93.9 cm³/mol. The van der Waals surface area contributed by atoms with Crippen LogP contribution in [0.5, 0.6) is 0 Å². The molecule has 0 spiro atoms. The van der Waals surface area contributed by atoms with Crippen molar-refractivity contribution in [2.45, 2.75) is 51.6 Å². The minimum absolute atomic E-state index is 0.0370. The van der Waals surface area contributed by atoms with Crippen LogP contribution in [0.2, 0.25) is 0 Å². The Morgan fingerprint density at radius 3 is 1.61 bits per heavy atom. The van der Waals surface area contributed by atoms with E-state index in [1.54, 1.807) is 6.92 Å². The van der Waals surface area contributed by atoms with E-state index in [0.717, 1.165) is 13.1 Å². The molecule has 0 aromatic heterocycles. The molecule has 0 fully saturated rings. The third-order valence-corrected chi connectivity index (χ3v) is 4.17. The fourth-order valence-corrected chi connectivity index (χ4v) is 2.77. The number of nitrogens with zero attached hydrogens (tertiary/aromatic N) is 1. The lowest BCUT2D eigenvalue weighted by molar-refractivity contribution is 0.0164. The third kappa shape index (κ3) is 5.79. The SMILES string of the molecule is C[C@@H](O)C[C@@H](O)[C@H](C)N(Cc1ccccc1)Cc1ccccc1. The Kier molecular flexibility index (Phi) is 6.78. The first-order valence-electron chi connectivity index (χ1n) is 8.24. The Morgan fingerprint density at radius 2 is 1.22 bits per heavy atom. The van der Waals surface area contributed by atoms with Crippen LogP contribution in [0.4, 0.5) is 0 Å². The minimum Gasteiger partial charge on any atom is -0.393 e. The Labute approximate surface area is 139 Å². The van der Waals surface area contributed by atoms with Gasteiger partial charge in [0.25, 0.3) is 0 Å². The Bertz CT molecular complexity index is 515. The van der Waals surface area contributed by atoms with Gasteiger partial charge in [-0.2, -0.15) is 0 Å². The molecule has 2 aromatic carbocycles. The molecule has 0 aliphatic carbocycles. The molecule has 0 aliphatic rings. The Balaban J connectivity index is 2.13. The maximum atomic E-state index is 10.4. The molecule has 3 atom stereocenters. The molecule has 2 rings (SSSR count). The van der Waals surface area contributed by atoms with E-state index >= 15 is 0 Å². The molecular formula is C20H27NO2. The maximum Gasteiger partial charge on any atom is 0.0717 e. The molecule has 0 amide bonds. The van der Waals surface area contributed by atoms with Crippen LogP contribution in [0.15, 0.2) is 60.7 Å². The summed E-state index contributed by atoms with van der Waals surface area (Å²) < 4.78 is 0. The smallest absolute Gasteiger partial charge is 0.0717 e. The van der Waals surface area contributed by atoms with Crippen LogP contribution in [0, 0.1) is 0 Å². The van der Waals surface area contributed by atoms with Crippen molar-refractivity contribution in [3.63, 3.8) is 0 Å². The molecular weight excluding hydrogens is 286 g/mol. The molecule has 0 heterocycles. The summed E-state index contributed by atoms with van der Waals surface area (Å²) in [6.45, 7) is 5.29. The number of hydrogen-bond donors (Lipinski definition) is 2. The summed E-state index contributed by atoms with van der Waals surface area (Å²) in [6, 6.07) is 20.5. The third-order valence-electron chi connectivity index (χ3n) is 4.17. The van der Waals surface area contributed by atoms with Gasteiger partial charge in [-0.25, -0.2) is 0 Å². The largest absolute Gasteiger partial charge is 0.393 e. The van der Waals surface area contributed by atoms with E-state index < -0.39 is 12.2 Å². The minimum atomic E-state index is -0.553. The van der Waals surface area contributed by atoms with Gasteiger partial charge in [-0.15, -0.1) is 0 Å². The molecule has 2 aromatic rings. The molecule has 23 heavy (non-hydrogen) atoms. The maximum absolute atomic E-state index is 10.4. The van der Waals surface area contributed by atoms with Crippen molar-refractivity contribution in [3.8, 4) is 0 Å². The van der Waals surface area contributed by atoms with Crippen LogP contribution in [0.3, 0.4) is 0 Å². The van der Waals surface area contributed by atoms with Crippen molar-refractivity contribution < 1.29 is 10.2 Å². The van der Waals surface area contributed by atoms with Crippen molar-refractivity contribution in [2.24, 2.45) is 0 Å². The highest BCUT2D eigenvalue weighted by Crippen LogP contribution is 2.17. The lowest BCUT2D eigenvalue weighted by atomic mass is 10.0. The second kappa shape index (κ2) is 8.82. The fraction of sp³-hybridized carbons (Fsp3) is 0.400. The summed E-state index contributed by atoms with van der Waals surface area (Å²) in [7, 11) is 0. The molecule has 2 N–H and O–H groups in total. The van der Waals surface area contributed by atoms with Crippen molar-refractivity contribution in [3.05, 3.63) is 71.8 Å². The summed E-state index contributed by atoms with van der Waals surface area (Å²) in [5.41, 5.74) is 2.44. The van der Waals surface area contributed by atoms with Gasteiger partial charge in [0.2, 0.25) is 0 Å². The zero-order valence-electron chi connectivity index (χ0n) is 14.0. The van der Waals surface area contributed by atoms with Crippen LogP contribution >= 0.6 is 0 Å². The zero-order chi connectivity index (χ0) is 16.7. The van der Waals surface area contributed by atoms with Crippen LogP contribution in [-0.4, -0.2) is 33.4 Å². The molecule has 3 heteroatoms. The molecule has 0 radical (unpaired) electrons. The number of aliphatic hydroxyl groups excluding tert-OH is 2. The summed E-state index contributed by atoms with van der Waals surface area (Å²) in [4.78, 5) is 2.26. The fourth-order valence-electron chi connectivity index (χ4n) is 2.77. The second-order valence-corrected chi connectivity index (χ2v) is 6.27.